The third-order valence-corrected chi connectivity index (χ3v) is 3.53. The maximum Gasteiger partial charge on any atom is 0.219 e. The van der Waals surface area contributed by atoms with Gasteiger partial charge >= 0.3 is 0 Å². The molecule has 0 aliphatic rings. The van der Waals surface area contributed by atoms with E-state index in [1.807, 2.05) is 26.0 Å². The Morgan fingerprint density at radius 2 is 1.74 bits per heavy atom. The van der Waals surface area contributed by atoms with Crippen LogP contribution in [0, 0.1) is 13.8 Å². The first-order chi connectivity index (χ1) is 9.01. The second kappa shape index (κ2) is 6.00. The number of aryl methyl sites for hydroxylation is 2. The number of benzene rings is 1. The van der Waals surface area contributed by atoms with Gasteiger partial charge in [-0.05, 0) is 42.7 Å². The molecule has 2 rings (SSSR count). The standard InChI is InChI=1S/C14H12Cl3NO/c1-8-3-11(16)4-9(2)14(8)19-13-5-10(6-15)12(17)7-18-13/h3-5,7H,6H2,1-2H3. The van der Waals surface area contributed by atoms with Crippen LogP contribution in [0.15, 0.2) is 24.4 Å². The molecule has 0 atom stereocenters. The zero-order valence-electron chi connectivity index (χ0n) is 10.5. The molecule has 0 radical (unpaired) electrons. The maximum atomic E-state index is 5.99. The second-order valence-electron chi connectivity index (χ2n) is 4.22. The fourth-order valence-corrected chi connectivity index (χ4v) is 2.57. The average molecular weight is 317 g/mol. The molecule has 5 heteroatoms. The fraction of sp³-hybridized carbons (Fsp3) is 0.214. The van der Waals surface area contributed by atoms with Gasteiger partial charge in [0.1, 0.15) is 5.75 Å². The van der Waals surface area contributed by atoms with Crippen LogP contribution in [0.2, 0.25) is 10.0 Å². The highest BCUT2D eigenvalue weighted by atomic mass is 35.5. The molecule has 0 fully saturated rings. The van der Waals surface area contributed by atoms with E-state index in [-0.39, 0.29) is 0 Å². The zero-order chi connectivity index (χ0) is 14.0. The summed E-state index contributed by atoms with van der Waals surface area (Å²) in [5.74, 6) is 1.53. The summed E-state index contributed by atoms with van der Waals surface area (Å²) in [6.45, 7) is 3.87. The van der Waals surface area contributed by atoms with Crippen molar-refractivity contribution in [2.75, 3.05) is 0 Å². The minimum Gasteiger partial charge on any atom is -0.438 e. The van der Waals surface area contributed by atoms with E-state index < -0.39 is 0 Å². The summed E-state index contributed by atoms with van der Waals surface area (Å²) in [4.78, 5) is 4.14. The molecule has 0 saturated carbocycles. The van der Waals surface area contributed by atoms with Gasteiger partial charge < -0.3 is 4.74 Å². The highest BCUT2D eigenvalue weighted by Crippen LogP contribution is 2.31. The lowest BCUT2D eigenvalue weighted by molar-refractivity contribution is 0.455. The lowest BCUT2D eigenvalue weighted by atomic mass is 10.1. The Kier molecular flexibility index (Phi) is 4.56. The van der Waals surface area contributed by atoms with Gasteiger partial charge in [-0.3, -0.25) is 0 Å². The van der Waals surface area contributed by atoms with Gasteiger partial charge in [-0.2, -0.15) is 0 Å². The first kappa shape index (κ1) is 14.4. The molecule has 0 spiro atoms. The van der Waals surface area contributed by atoms with E-state index in [4.69, 9.17) is 39.5 Å². The van der Waals surface area contributed by atoms with Crippen molar-refractivity contribution in [3.8, 4) is 11.6 Å². The molecule has 2 aromatic rings. The molecule has 0 unspecified atom stereocenters. The smallest absolute Gasteiger partial charge is 0.219 e. The van der Waals surface area contributed by atoms with Crippen LogP contribution in [0.3, 0.4) is 0 Å². The summed E-state index contributed by atoms with van der Waals surface area (Å²) in [6.07, 6.45) is 1.54. The summed E-state index contributed by atoms with van der Waals surface area (Å²) in [5, 5.41) is 1.22. The van der Waals surface area contributed by atoms with Crippen molar-refractivity contribution in [2.24, 2.45) is 0 Å². The molecule has 1 aromatic carbocycles. The van der Waals surface area contributed by atoms with Gasteiger partial charge in [0.2, 0.25) is 5.88 Å². The fourth-order valence-electron chi connectivity index (χ4n) is 1.78. The molecular formula is C14H12Cl3NO. The highest BCUT2D eigenvalue weighted by Gasteiger charge is 2.09. The van der Waals surface area contributed by atoms with Crippen molar-refractivity contribution in [3.05, 3.63) is 51.1 Å². The third kappa shape index (κ3) is 3.33. The van der Waals surface area contributed by atoms with E-state index in [0.717, 1.165) is 22.4 Å². The summed E-state index contributed by atoms with van der Waals surface area (Å²) in [5.41, 5.74) is 2.70. The summed E-state index contributed by atoms with van der Waals surface area (Å²) < 4.78 is 5.81. The number of rotatable bonds is 3. The Bertz CT molecular complexity index is 591. The normalized spacial score (nSPS) is 10.6. The van der Waals surface area contributed by atoms with Gasteiger partial charge in [0, 0.05) is 23.2 Å². The number of aromatic nitrogens is 1. The van der Waals surface area contributed by atoms with Crippen molar-refractivity contribution in [3.63, 3.8) is 0 Å². The number of hydrogen-bond donors (Lipinski definition) is 0. The van der Waals surface area contributed by atoms with Crippen LogP contribution in [0.5, 0.6) is 11.6 Å². The molecular weight excluding hydrogens is 305 g/mol. The maximum absolute atomic E-state index is 5.99. The van der Waals surface area contributed by atoms with Crippen LogP contribution in [0.1, 0.15) is 16.7 Å². The Labute approximate surface area is 127 Å². The second-order valence-corrected chi connectivity index (χ2v) is 5.33. The number of alkyl halides is 1. The minimum atomic E-state index is 0.316. The van der Waals surface area contributed by atoms with Gasteiger partial charge in [-0.1, -0.05) is 23.2 Å². The van der Waals surface area contributed by atoms with Crippen LogP contribution >= 0.6 is 34.8 Å². The Morgan fingerprint density at radius 3 is 2.32 bits per heavy atom. The van der Waals surface area contributed by atoms with E-state index in [1.54, 1.807) is 6.07 Å². The first-order valence-corrected chi connectivity index (χ1v) is 6.95. The number of hydrogen-bond acceptors (Lipinski definition) is 2. The van der Waals surface area contributed by atoms with Crippen molar-refractivity contribution >= 4 is 34.8 Å². The minimum absolute atomic E-state index is 0.316. The number of halogens is 3. The summed E-state index contributed by atoms with van der Waals surface area (Å²) in [6, 6.07) is 5.44. The van der Waals surface area contributed by atoms with E-state index in [9.17, 15) is 0 Å². The summed E-state index contributed by atoms with van der Waals surface area (Å²) in [7, 11) is 0. The van der Waals surface area contributed by atoms with E-state index in [0.29, 0.717) is 21.8 Å². The van der Waals surface area contributed by atoms with Gasteiger partial charge in [0.15, 0.2) is 0 Å². The van der Waals surface area contributed by atoms with Crippen molar-refractivity contribution in [1.29, 1.82) is 0 Å². The van der Waals surface area contributed by atoms with E-state index >= 15 is 0 Å². The molecule has 100 valence electrons. The Morgan fingerprint density at radius 1 is 1.11 bits per heavy atom. The van der Waals surface area contributed by atoms with Crippen LogP contribution in [0.4, 0.5) is 0 Å². The molecule has 0 saturated heterocycles. The molecule has 0 N–H and O–H groups in total. The van der Waals surface area contributed by atoms with Crippen molar-refractivity contribution in [2.45, 2.75) is 19.7 Å². The zero-order valence-corrected chi connectivity index (χ0v) is 12.8. The van der Waals surface area contributed by atoms with Gasteiger partial charge in [0.25, 0.3) is 0 Å². The number of pyridine rings is 1. The van der Waals surface area contributed by atoms with Gasteiger partial charge in [-0.15, -0.1) is 11.6 Å². The quantitative estimate of drug-likeness (QED) is 0.694. The largest absolute Gasteiger partial charge is 0.438 e. The topological polar surface area (TPSA) is 22.1 Å². The Hall–Kier alpha value is -0.960. The Balaban J connectivity index is 2.36. The third-order valence-electron chi connectivity index (χ3n) is 2.69. The monoisotopic (exact) mass is 315 g/mol. The number of ether oxygens (including phenoxy) is 1. The predicted molar refractivity (Wildman–Crippen MR) is 79.8 cm³/mol. The SMILES string of the molecule is Cc1cc(Cl)cc(C)c1Oc1cc(CCl)c(Cl)cn1. The molecule has 1 aromatic heterocycles. The predicted octanol–water partition coefficient (Wildman–Crippen LogP) is 5.54. The average Bonchev–Trinajstić information content (AvgIpc) is 2.35. The molecule has 2 nitrogen and oxygen atoms in total. The lowest BCUT2D eigenvalue weighted by Crippen LogP contribution is -1.94. The highest BCUT2D eigenvalue weighted by molar-refractivity contribution is 6.32. The molecule has 19 heavy (non-hydrogen) atoms. The summed E-state index contributed by atoms with van der Waals surface area (Å²) >= 11 is 17.8. The van der Waals surface area contributed by atoms with Crippen LogP contribution in [0.25, 0.3) is 0 Å². The molecule has 0 bridgehead atoms. The van der Waals surface area contributed by atoms with Gasteiger partial charge in [0.05, 0.1) is 5.02 Å². The van der Waals surface area contributed by atoms with E-state index in [1.165, 1.54) is 6.20 Å². The number of nitrogens with zero attached hydrogens (tertiary/aromatic N) is 1. The van der Waals surface area contributed by atoms with E-state index in [2.05, 4.69) is 4.98 Å². The van der Waals surface area contributed by atoms with Crippen LogP contribution < -0.4 is 4.74 Å². The molecule has 0 aliphatic heterocycles. The van der Waals surface area contributed by atoms with Crippen molar-refractivity contribution in [1.82, 2.24) is 4.98 Å². The van der Waals surface area contributed by atoms with Crippen LogP contribution in [-0.2, 0) is 5.88 Å². The molecule has 0 amide bonds. The van der Waals surface area contributed by atoms with Crippen molar-refractivity contribution < 1.29 is 4.74 Å². The molecule has 1 heterocycles. The van der Waals surface area contributed by atoms with Crippen LogP contribution in [-0.4, -0.2) is 4.98 Å². The molecule has 0 aliphatic carbocycles. The van der Waals surface area contributed by atoms with Gasteiger partial charge in [-0.25, -0.2) is 4.98 Å². The lowest BCUT2D eigenvalue weighted by Gasteiger charge is -2.12. The first-order valence-electron chi connectivity index (χ1n) is 5.66.